The molecule has 5 nitrogen and oxygen atoms in total. The molecule has 4 aromatic rings. The Hall–Kier alpha value is -3.55. The minimum absolute atomic E-state index is 0.0916. The van der Waals surface area contributed by atoms with E-state index in [1.807, 2.05) is 26.0 Å². The first-order chi connectivity index (χ1) is 16.2. The number of aliphatic hydroxyl groups is 1. The zero-order valence-corrected chi connectivity index (χ0v) is 19.7. The van der Waals surface area contributed by atoms with Gasteiger partial charge < -0.3 is 5.11 Å². The Balaban J connectivity index is 1.74. The third-order valence-corrected chi connectivity index (χ3v) is 7.03. The van der Waals surface area contributed by atoms with Gasteiger partial charge in [0.15, 0.2) is 5.13 Å². The van der Waals surface area contributed by atoms with Gasteiger partial charge in [-0.15, -0.1) is 0 Å². The van der Waals surface area contributed by atoms with Gasteiger partial charge in [0, 0.05) is 10.6 Å². The second kappa shape index (κ2) is 8.34. The zero-order chi connectivity index (χ0) is 24.1. The van der Waals surface area contributed by atoms with Gasteiger partial charge in [-0.3, -0.25) is 14.5 Å². The van der Waals surface area contributed by atoms with Crippen LogP contribution in [0.5, 0.6) is 0 Å². The van der Waals surface area contributed by atoms with Crippen LogP contribution in [0.3, 0.4) is 0 Å². The number of nitrogens with zero attached hydrogens (tertiary/aromatic N) is 2. The lowest BCUT2D eigenvalue weighted by Crippen LogP contribution is -2.29. The minimum Gasteiger partial charge on any atom is -0.507 e. The van der Waals surface area contributed by atoms with E-state index in [4.69, 9.17) is 11.6 Å². The maximum Gasteiger partial charge on any atom is 0.301 e. The molecule has 0 aliphatic carbocycles. The first-order valence-corrected chi connectivity index (χ1v) is 11.6. The molecule has 1 amide bonds. The highest BCUT2D eigenvalue weighted by Crippen LogP contribution is 2.44. The van der Waals surface area contributed by atoms with Crippen LogP contribution in [0, 0.1) is 19.7 Å². The molecule has 1 fully saturated rings. The number of carbonyl (C=O) groups excluding carboxylic acids is 2. The van der Waals surface area contributed by atoms with E-state index >= 15 is 0 Å². The number of thiazole rings is 1. The molecule has 1 N–H and O–H groups in total. The summed E-state index contributed by atoms with van der Waals surface area (Å²) in [5, 5.41) is 11.9. The fourth-order valence-electron chi connectivity index (χ4n) is 4.22. The summed E-state index contributed by atoms with van der Waals surface area (Å²) >= 11 is 7.25. The molecule has 34 heavy (non-hydrogen) atoms. The lowest BCUT2D eigenvalue weighted by molar-refractivity contribution is -0.132. The minimum atomic E-state index is -0.974. The fraction of sp³-hybridized carbons (Fsp3) is 0.115. The number of hydrogen-bond donors (Lipinski definition) is 1. The highest BCUT2D eigenvalue weighted by Gasteiger charge is 2.48. The van der Waals surface area contributed by atoms with E-state index in [1.165, 1.54) is 40.5 Å². The maximum atomic E-state index is 13.7. The number of aromatic nitrogens is 1. The molecule has 1 aliphatic rings. The van der Waals surface area contributed by atoms with Crippen LogP contribution < -0.4 is 4.90 Å². The Kier molecular flexibility index (Phi) is 5.46. The van der Waals surface area contributed by atoms with Gasteiger partial charge in [0.05, 0.1) is 21.8 Å². The van der Waals surface area contributed by atoms with Gasteiger partial charge in [0.2, 0.25) is 0 Å². The molecule has 8 heteroatoms. The van der Waals surface area contributed by atoms with Crippen molar-refractivity contribution < 1.29 is 19.1 Å². The monoisotopic (exact) mass is 492 g/mol. The summed E-state index contributed by atoms with van der Waals surface area (Å²) in [7, 11) is 0. The quantitative estimate of drug-likeness (QED) is 0.206. The number of Topliss-reactive ketones (excluding diaryl/α,β-unsaturated/α-hetero) is 1. The van der Waals surface area contributed by atoms with Gasteiger partial charge in [-0.25, -0.2) is 9.37 Å². The van der Waals surface area contributed by atoms with Gasteiger partial charge >= 0.3 is 5.91 Å². The van der Waals surface area contributed by atoms with Gasteiger partial charge in [-0.05, 0) is 73.0 Å². The molecule has 2 heterocycles. The molecule has 0 radical (unpaired) electrons. The third kappa shape index (κ3) is 3.67. The number of anilines is 1. The Labute approximate surface area is 203 Å². The van der Waals surface area contributed by atoms with Gasteiger partial charge in [0.1, 0.15) is 11.6 Å². The van der Waals surface area contributed by atoms with Crippen LogP contribution in [0.1, 0.15) is 28.3 Å². The van der Waals surface area contributed by atoms with Crippen molar-refractivity contribution in [3.05, 3.63) is 99.3 Å². The molecule has 0 saturated carbocycles. The van der Waals surface area contributed by atoms with Crippen molar-refractivity contribution in [1.29, 1.82) is 0 Å². The van der Waals surface area contributed by atoms with Crippen molar-refractivity contribution >= 4 is 55.7 Å². The lowest BCUT2D eigenvalue weighted by atomic mass is 9.95. The van der Waals surface area contributed by atoms with Crippen LogP contribution in [-0.4, -0.2) is 21.8 Å². The van der Waals surface area contributed by atoms with Crippen molar-refractivity contribution in [2.45, 2.75) is 19.9 Å². The summed E-state index contributed by atoms with van der Waals surface area (Å²) in [5.74, 6) is -2.43. The fourth-order valence-corrected chi connectivity index (χ4v) is 5.51. The number of halogens is 2. The average Bonchev–Trinajstić information content (AvgIpc) is 3.33. The van der Waals surface area contributed by atoms with Crippen LogP contribution in [0.4, 0.5) is 9.52 Å². The van der Waals surface area contributed by atoms with Crippen LogP contribution in [-0.2, 0) is 9.59 Å². The number of benzene rings is 3. The molecule has 1 aromatic heterocycles. The van der Waals surface area contributed by atoms with Crippen LogP contribution in [0.2, 0.25) is 5.02 Å². The maximum absolute atomic E-state index is 13.7. The molecule has 1 saturated heterocycles. The van der Waals surface area contributed by atoms with Crippen molar-refractivity contribution in [1.82, 2.24) is 4.98 Å². The predicted molar refractivity (Wildman–Crippen MR) is 132 cm³/mol. The van der Waals surface area contributed by atoms with Gasteiger partial charge in [-0.1, -0.05) is 41.1 Å². The van der Waals surface area contributed by atoms with E-state index in [9.17, 15) is 19.1 Å². The Morgan fingerprint density at radius 3 is 2.41 bits per heavy atom. The lowest BCUT2D eigenvalue weighted by Gasteiger charge is -2.23. The number of rotatable bonds is 3. The molecule has 0 bridgehead atoms. The van der Waals surface area contributed by atoms with E-state index in [0.717, 1.165) is 21.3 Å². The van der Waals surface area contributed by atoms with E-state index in [-0.39, 0.29) is 11.3 Å². The van der Waals surface area contributed by atoms with Crippen molar-refractivity contribution in [2.75, 3.05) is 4.90 Å². The molecule has 170 valence electrons. The number of hydrogen-bond acceptors (Lipinski definition) is 5. The third-order valence-electron chi connectivity index (χ3n) is 5.77. The van der Waals surface area contributed by atoms with E-state index in [2.05, 4.69) is 4.98 Å². The highest BCUT2D eigenvalue weighted by atomic mass is 35.5. The molecule has 0 spiro atoms. The van der Waals surface area contributed by atoms with E-state index in [1.54, 1.807) is 24.3 Å². The second-order valence-corrected chi connectivity index (χ2v) is 9.60. The molecular formula is C26H18ClFN2O3S. The number of aryl methyl sites for hydroxylation is 2. The molecule has 0 unspecified atom stereocenters. The standard InChI is InChI=1S/C26H18ClFN2O3S/c1-13-11-14(2)21-19(12-13)34-26(29-21)30-22(15-5-9-18(28)10-6-15)20(24(32)25(30)33)23(31)16-3-7-17(27)8-4-16/h3-12,22,31H,1-2H3/t22-/m0/s1. The number of carbonyl (C=O) groups is 2. The van der Waals surface area contributed by atoms with Crippen molar-refractivity contribution in [3.63, 3.8) is 0 Å². The summed E-state index contributed by atoms with van der Waals surface area (Å²) in [5.41, 5.74) is 3.47. The largest absolute Gasteiger partial charge is 0.507 e. The van der Waals surface area contributed by atoms with Crippen LogP contribution in [0.15, 0.2) is 66.2 Å². The summed E-state index contributed by atoms with van der Waals surface area (Å²) in [6.07, 6.45) is 0. The molecule has 3 aromatic carbocycles. The summed E-state index contributed by atoms with van der Waals surface area (Å²) in [4.78, 5) is 32.5. The zero-order valence-electron chi connectivity index (χ0n) is 18.2. The average molecular weight is 493 g/mol. The molecule has 5 rings (SSSR count). The smallest absolute Gasteiger partial charge is 0.301 e. The Bertz CT molecular complexity index is 1490. The Morgan fingerprint density at radius 2 is 1.74 bits per heavy atom. The van der Waals surface area contributed by atoms with Gasteiger partial charge in [0.25, 0.3) is 5.78 Å². The molecule has 1 atom stereocenters. The highest BCUT2D eigenvalue weighted by molar-refractivity contribution is 7.22. The van der Waals surface area contributed by atoms with E-state index < -0.39 is 23.5 Å². The summed E-state index contributed by atoms with van der Waals surface area (Å²) in [6, 6.07) is 14.8. The van der Waals surface area contributed by atoms with Crippen molar-refractivity contribution in [2.24, 2.45) is 0 Å². The topological polar surface area (TPSA) is 70.5 Å². The van der Waals surface area contributed by atoms with Gasteiger partial charge in [-0.2, -0.15) is 0 Å². The number of amides is 1. The number of ketones is 1. The normalized spacial score (nSPS) is 17.6. The van der Waals surface area contributed by atoms with Crippen LogP contribution >= 0.6 is 22.9 Å². The first kappa shape index (κ1) is 22.3. The Morgan fingerprint density at radius 1 is 1.06 bits per heavy atom. The first-order valence-electron chi connectivity index (χ1n) is 10.4. The second-order valence-electron chi connectivity index (χ2n) is 8.15. The number of aliphatic hydroxyl groups excluding tert-OH is 1. The summed E-state index contributed by atoms with van der Waals surface area (Å²) < 4.78 is 14.6. The predicted octanol–water partition coefficient (Wildman–Crippen LogP) is 6.33. The van der Waals surface area contributed by atoms with Crippen molar-refractivity contribution in [3.8, 4) is 0 Å². The number of fused-ring (bicyclic) bond motifs is 1. The summed E-state index contributed by atoms with van der Waals surface area (Å²) in [6.45, 7) is 3.91. The molecule has 1 aliphatic heterocycles. The molecular weight excluding hydrogens is 475 g/mol. The van der Waals surface area contributed by atoms with E-state index in [0.29, 0.717) is 21.3 Å². The van der Waals surface area contributed by atoms with Crippen LogP contribution in [0.25, 0.3) is 16.0 Å². The SMILES string of the molecule is Cc1cc(C)c2nc(N3C(=O)C(=O)C(=C(O)c4ccc(Cl)cc4)[C@@H]3c3ccc(F)cc3)sc2c1.